The van der Waals surface area contributed by atoms with Crippen molar-refractivity contribution in [3.63, 3.8) is 0 Å². The van der Waals surface area contributed by atoms with Crippen LogP contribution in [-0.2, 0) is 5.41 Å². The van der Waals surface area contributed by atoms with Gasteiger partial charge in [-0.15, -0.1) is 20.4 Å². The summed E-state index contributed by atoms with van der Waals surface area (Å²) in [6, 6.07) is 17.3. The first-order valence-electron chi connectivity index (χ1n) is 10.9. The molecular formula is C24H19N11. The van der Waals surface area contributed by atoms with Gasteiger partial charge in [0.05, 0.1) is 23.1 Å². The third-order valence-corrected chi connectivity index (χ3v) is 5.62. The predicted octanol–water partition coefficient (Wildman–Crippen LogP) is 4.90. The van der Waals surface area contributed by atoms with Crippen LogP contribution in [0.4, 0.5) is 11.4 Å². The maximum atomic E-state index is 9.27. The van der Waals surface area contributed by atoms with E-state index in [-0.39, 0.29) is 5.41 Å². The van der Waals surface area contributed by atoms with Gasteiger partial charge in [0.1, 0.15) is 17.1 Å². The molecule has 0 aliphatic heterocycles. The fourth-order valence-corrected chi connectivity index (χ4v) is 3.87. The highest BCUT2D eigenvalue weighted by Crippen LogP contribution is 2.35. The number of aromatic amines is 1. The van der Waals surface area contributed by atoms with Gasteiger partial charge in [-0.1, -0.05) is 51.1 Å². The number of H-pyrrole nitrogens is 1. The van der Waals surface area contributed by atoms with Crippen LogP contribution >= 0.6 is 0 Å². The zero-order chi connectivity index (χ0) is 24.2. The minimum absolute atomic E-state index is 0.239. The number of aromatic nitrogens is 8. The molecule has 0 aliphatic carbocycles. The van der Waals surface area contributed by atoms with Crippen molar-refractivity contribution >= 4 is 33.7 Å². The molecule has 0 aliphatic rings. The molecule has 0 radical (unpaired) electrons. The van der Waals surface area contributed by atoms with Gasteiger partial charge in [-0.25, -0.2) is 9.50 Å². The summed E-state index contributed by atoms with van der Waals surface area (Å²) in [5, 5.41) is 38.9. The van der Waals surface area contributed by atoms with Crippen molar-refractivity contribution in [3.05, 3.63) is 66.0 Å². The molecule has 170 valence electrons. The first kappa shape index (κ1) is 20.6. The van der Waals surface area contributed by atoms with Gasteiger partial charge in [0.15, 0.2) is 17.2 Å². The molecule has 11 nitrogen and oxygen atoms in total. The minimum Gasteiger partial charge on any atom is -0.277 e. The second-order valence-corrected chi connectivity index (χ2v) is 9.10. The number of azo groups is 1. The lowest BCUT2D eigenvalue weighted by atomic mass is 9.91. The molecule has 2 aromatic carbocycles. The standard InChI is InChI=1S/C24H19N11/c1-24(2,3)20-19(23-27-21(33-35(23)32-20)14-7-5-4-6-8-14)30-28-16-9-10-17-18(11-16)34-22(31-29-17)15(12-25)13-26-34/h4-11,13,32H,1-3H3. The molecule has 11 heteroatoms. The van der Waals surface area contributed by atoms with Crippen LogP contribution in [0.5, 0.6) is 0 Å². The van der Waals surface area contributed by atoms with Crippen molar-refractivity contribution in [1.82, 2.24) is 39.6 Å². The van der Waals surface area contributed by atoms with Crippen LogP contribution in [0.1, 0.15) is 32.0 Å². The number of nitrogens with zero attached hydrogens (tertiary/aromatic N) is 10. The Labute approximate surface area is 198 Å². The van der Waals surface area contributed by atoms with Gasteiger partial charge in [0, 0.05) is 11.0 Å². The van der Waals surface area contributed by atoms with E-state index in [4.69, 9.17) is 4.98 Å². The summed E-state index contributed by atoms with van der Waals surface area (Å²) in [6.07, 6.45) is 1.47. The van der Waals surface area contributed by atoms with Crippen molar-refractivity contribution in [3.8, 4) is 17.5 Å². The summed E-state index contributed by atoms with van der Waals surface area (Å²) >= 11 is 0. The molecule has 0 unspecified atom stereocenters. The highest BCUT2D eigenvalue weighted by Gasteiger charge is 2.26. The Morgan fingerprint density at radius 2 is 1.83 bits per heavy atom. The number of hydrogen-bond donors (Lipinski definition) is 1. The van der Waals surface area contributed by atoms with Crippen LogP contribution < -0.4 is 0 Å². The van der Waals surface area contributed by atoms with Gasteiger partial charge in [-0.3, -0.25) is 5.10 Å². The topological polar surface area (TPSA) is 138 Å². The van der Waals surface area contributed by atoms with E-state index >= 15 is 0 Å². The number of nitriles is 1. The van der Waals surface area contributed by atoms with Gasteiger partial charge in [-0.2, -0.15) is 20.1 Å². The second-order valence-electron chi connectivity index (χ2n) is 9.10. The van der Waals surface area contributed by atoms with Gasteiger partial charge in [-0.05, 0) is 18.2 Å². The maximum Gasteiger partial charge on any atom is 0.203 e. The van der Waals surface area contributed by atoms with E-state index in [9.17, 15) is 5.26 Å². The minimum atomic E-state index is -0.239. The van der Waals surface area contributed by atoms with E-state index < -0.39 is 0 Å². The first-order chi connectivity index (χ1) is 16.9. The van der Waals surface area contributed by atoms with Crippen LogP contribution in [0.2, 0.25) is 0 Å². The smallest absolute Gasteiger partial charge is 0.203 e. The highest BCUT2D eigenvalue weighted by atomic mass is 15.5. The Hall–Kier alpha value is -4.98. The number of benzene rings is 2. The Bertz CT molecular complexity index is 1790. The van der Waals surface area contributed by atoms with Crippen LogP contribution in [-0.4, -0.2) is 39.6 Å². The molecule has 0 atom stereocenters. The van der Waals surface area contributed by atoms with E-state index in [1.807, 2.05) is 36.4 Å². The van der Waals surface area contributed by atoms with Gasteiger partial charge in [0.2, 0.25) is 5.65 Å². The zero-order valence-electron chi connectivity index (χ0n) is 19.2. The lowest BCUT2D eigenvalue weighted by Gasteiger charge is -2.16. The van der Waals surface area contributed by atoms with Crippen LogP contribution in [0.15, 0.2) is 65.0 Å². The summed E-state index contributed by atoms with van der Waals surface area (Å²) in [4.78, 5) is 4.74. The van der Waals surface area contributed by atoms with E-state index in [1.165, 1.54) is 6.20 Å². The van der Waals surface area contributed by atoms with E-state index in [0.717, 1.165) is 11.3 Å². The molecule has 0 spiro atoms. The van der Waals surface area contributed by atoms with Gasteiger partial charge >= 0.3 is 0 Å². The number of fused-ring (bicyclic) bond motifs is 4. The predicted molar refractivity (Wildman–Crippen MR) is 129 cm³/mol. The van der Waals surface area contributed by atoms with Gasteiger partial charge in [0.25, 0.3) is 0 Å². The molecule has 0 bridgehead atoms. The lowest BCUT2D eigenvalue weighted by molar-refractivity contribution is 0.557. The average Bonchev–Trinajstić information content (AvgIpc) is 3.55. The van der Waals surface area contributed by atoms with E-state index in [2.05, 4.69) is 62.6 Å². The molecule has 0 amide bonds. The summed E-state index contributed by atoms with van der Waals surface area (Å²) in [5.41, 5.74) is 5.43. The Morgan fingerprint density at radius 1 is 1.00 bits per heavy atom. The summed E-state index contributed by atoms with van der Waals surface area (Å²) in [6.45, 7) is 6.27. The molecule has 35 heavy (non-hydrogen) atoms. The normalized spacial score (nSPS) is 12.3. The monoisotopic (exact) mass is 461 g/mol. The highest BCUT2D eigenvalue weighted by molar-refractivity contribution is 5.80. The summed E-state index contributed by atoms with van der Waals surface area (Å²) < 4.78 is 3.23. The molecule has 4 aromatic heterocycles. The SMILES string of the molecule is CC(C)(C)c1[nH]n2nc(-c3ccccc3)nc2c1N=Nc1ccc2nnc3c(C#N)cnn3c2c1. The Kier molecular flexibility index (Phi) is 4.43. The third kappa shape index (κ3) is 3.39. The molecule has 4 heterocycles. The Balaban J connectivity index is 1.47. The van der Waals surface area contributed by atoms with Crippen molar-refractivity contribution in [2.45, 2.75) is 26.2 Å². The first-order valence-corrected chi connectivity index (χ1v) is 10.9. The molecule has 0 saturated heterocycles. The van der Waals surface area contributed by atoms with E-state index in [1.54, 1.807) is 21.3 Å². The van der Waals surface area contributed by atoms with Crippen molar-refractivity contribution in [2.24, 2.45) is 10.2 Å². The quantitative estimate of drug-likeness (QED) is 0.372. The molecule has 0 saturated carbocycles. The van der Waals surface area contributed by atoms with Crippen LogP contribution in [0, 0.1) is 11.3 Å². The molecule has 6 rings (SSSR count). The fraction of sp³-hybridized carbons (Fsp3) is 0.167. The summed E-state index contributed by atoms with van der Waals surface area (Å²) in [5.74, 6) is 0.604. The fourth-order valence-electron chi connectivity index (χ4n) is 3.87. The largest absolute Gasteiger partial charge is 0.277 e. The number of rotatable bonds is 3. The van der Waals surface area contributed by atoms with Crippen LogP contribution in [0.25, 0.3) is 33.7 Å². The second kappa shape index (κ2) is 7.53. The van der Waals surface area contributed by atoms with Crippen molar-refractivity contribution < 1.29 is 0 Å². The molecular weight excluding hydrogens is 442 g/mol. The van der Waals surface area contributed by atoms with Crippen LogP contribution in [0.3, 0.4) is 0 Å². The Morgan fingerprint density at radius 3 is 2.60 bits per heavy atom. The lowest BCUT2D eigenvalue weighted by Crippen LogP contribution is -2.12. The number of nitrogens with one attached hydrogen (secondary N) is 1. The molecule has 0 fully saturated rings. The van der Waals surface area contributed by atoms with Crippen molar-refractivity contribution in [1.29, 1.82) is 5.26 Å². The third-order valence-electron chi connectivity index (χ3n) is 5.62. The van der Waals surface area contributed by atoms with E-state index in [0.29, 0.717) is 45.1 Å². The molecule has 6 aromatic rings. The average molecular weight is 461 g/mol. The van der Waals surface area contributed by atoms with Crippen molar-refractivity contribution in [2.75, 3.05) is 0 Å². The van der Waals surface area contributed by atoms with Gasteiger partial charge < -0.3 is 0 Å². The number of hydrogen-bond acceptors (Lipinski definition) is 8. The summed E-state index contributed by atoms with van der Waals surface area (Å²) in [7, 11) is 0. The maximum absolute atomic E-state index is 9.27. The zero-order valence-corrected chi connectivity index (χ0v) is 19.2. The molecule has 1 N–H and O–H groups in total.